The molecular formula is C7H17LiOSi. The molecule has 0 saturated carbocycles. The first-order valence-corrected chi connectivity index (χ1v) is 6.90. The van der Waals surface area contributed by atoms with E-state index >= 15 is 0 Å². The van der Waals surface area contributed by atoms with Gasteiger partial charge in [0.15, 0.2) is 8.32 Å². The minimum atomic E-state index is -1.22. The van der Waals surface area contributed by atoms with E-state index in [1.54, 1.807) is 0 Å². The van der Waals surface area contributed by atoms with Gasteiger partial charge < -0.3 is 11.3 Å². The van der Waals surface area contributed by atoms with Crippen molar-refractivity contribution < 1.29 is 23.3 Å². The maximum absolute atomic E-state index is 5.57. The summed E-state index contributed by atoms with van der Waals surface area (Å²) in [6.45, 7) is 11.3. The largest absolute Gasteiger partial charge is 1.00 e. The zero-order chi connectivity index (χ0) is 7.33. The molecule has 0 bridgehead atoms. The molecule has 0 saturated heterocycles. The molecule has 0 aromatic rings. The van der Waals surface area contributed by atoms with E-state index < -0.39 is 8.32 Å². The van der Waals surface area contributed by atoms with Gasteiger partial charge in [0.1, 0.15) is 0 Å². The third-order valence-corrected chi connectivity index (χ3v) is 2.00. The van der Waals surface area contributed by atoms with Crippen molar-refractivity contribution in [1.29, 1.82) is 0 Å². The Hall–Kier alpha value is 0.774. The molecule has 0 aromatic carbocycles. The van der Waals surface area contributed by atoms with Crippen LogP contribution in [0, 0.1) is 6.92 Å². The quantitative estimate of drug-likeness (QED) is 0.298. The van der Waals surface area contributed by atoms with Crippen LogP contribution in [0.25, 0.3) is 0 Å². The maximum Gasteiger partial charge on any atom is 1.00 e. The van der Waals surface area contributed by atoms with Crippen LogP contribution in [0.4, 0.5) is 0 Å². The molecule has 0 amide bonds. The van der Waals surface area contributed by atoms with Crippen LogP contribution in [0.2, 0.25) is 19.6 Å². The van der Waals surface area contributed by atoms with Gasteiger partial charge in [-0.05, 0) is 19.6 Å². The summed E-state index contributed by atoms with van der Waals surface area (Å²) in [7, 11) is -1.22. The fourth-order valence-corrected chi connectivity index (χ4v) is 1.24. The van der Waals surface area contributed by atoms with Crippen molar-refractivity contribution in [3.8, 4) is 0 Å². The van der Waals surface area contributed by atoms with E-state index in [1.807, 2.05) is 0 Å². The van der Waals surface area contributed by atoms with Gasteiger partial charge >= 0.3 is 18.9 Å². The Morgan fingerprint density at radius 1 is 1.30 bits per heavy atom. The van der Waals surface area contributed by atoms with Gasteiger partial charge in [0, 0.05) is 6.61 Å². The van der Waals surface area contributed by atoms with E-state index in [0.717, 1.165) is 19.4 Å². The van der Waals surface area contributed by atoms with Crippen LogP contribution in [0.1, 0.15) is 12.8 Å². The zero-order valence-corrected chi connectivity index (χ0v) is 8.74. The van der Waals surface area contributed by atoms with E-state index in [4.69, 9.17) is 4.43 Å². The molecule has 0 rings (SSSR count). The molecule has 1 nitrogen and oxygen atoms in total. The van der Waals surface area contributed by atoms with Crippen LogP contribution in [-0.2, 0) is 4.43 Å². The predicted molar refractivity (Wildman–Crippen MR) is 43.9 cm³/mol. The normalized spacial score (nSPS) is 10.8. The summed E-state index contributed by atoms with van der Waals surface area (Å²) in [6, 6.07) is 0. The van der Waals surface area contributed by atoms with Crippen LogP contribution in [0.5, 0.6) is 0 Å². The van der Waals surface area contributed by atoms with Crippen molar-refractivity contribution in [2.75, 3.05) is 6.61 Å². The van der Waals surface area contributed by atoms with Gasteiger partial charge in [-0.2, -0.15) is 6.42 Å². The van der Waals surface area contributed by atoms with E-state index in [9.17, 15) is 0 Å². The third-order valence-electron chi connectivity index (χ3n) is 0.929. The Balaban J connectivity index is 0. The minimum Gasteiger partial charge on any atom is -0.418 e. The number of hydrogen-bond donors (Lipinski definition) is 0. The second kappa shape index (κ2) is 6.48. The second-order valence-electron chi connectivity index (χ2n) is 3.17. The molecule has 10 heavy (non-hydrogen) atoms. The summed E-state index contributed by atoms with van der Waals surface area (Å²) in [4.78, 5) is 0. The van der Waals surface area contributed by atoms with Gasteiger partial charge in [-0.3, -0.25) is 0 Å². The third kappa shape index (κ3) is 11.6. The standard InChI is InChI=1S/C7H17OSi.Li/c1-5-6-7-8-9(2,3)4;/h1,5-7H2,2-4H3;/q-1;+1. The van der Waals surface area contributed by atoms with Crippen molar-refractivity contribution >= 4 is 8.32 Å². The molecule has 3 heteroatoms. The summed E-state index contributed by atoms with van der Waals surface area (Å²) in [5.74, 6) is 0. The van der Waals surface area contributed by atoms with Crippen LogP contribution >= 0.6 is 0 Å². The molecule has 0 spiro atoms. The molecule has 0 radical (unpaired) electrons. The van der Waals surface area contributed by atoms with Crippen molar-refractivity contribution in [3.05, 3.63) is 6.92 Å². The van der Waals surface area contributed by atoms with E-state index in [2.05, 4.69) is 26.6 Å². The average Bonchev–Trinajstić information content (AvgIpc) is 1.63. The van der Waals surface area contributed by atoms with Crippen LogP contribution in [0.3, 0.4) is 0 Å². The molecule has 56 valence electrons. The molecule has 0 N–H and O–H groups in total. The van der Waals surface area contributed by atoms with Crippen molar-refractivity contribution in [2.45, 2.75) is 32.5 Å². The molecule has 0 aliphatic rings. The van der Waals surface area contributed by atoms with Gasteiger partial charge in [0.2, 0.25) is 0 Å². The zero-order valence-electron chi connectivity index (χ0n) is 7.74. The van der Waals surface area contributed by atoms with E-state index in [1.165, 1.54) is 0 Å². The molecule has 0 aliphatic heterocycles. The molecule has 0 heterocycles. The summed E-state index contributed by atoms with van der Waals surface area (Å²) < 4.78 is 5.57. The Kier molecular flexibility index (Phi) is 8.67. The van der Waals surface area contributed by atoms with Crippen LogP contribution in [-0.4, -0.2) is 14.9 Å². The van der Waals surface area contributed by atoms with Crippen LogP contribution in [0.15, 0.2) is 0 Å². The molecule has 0 fully saturated rings. The van der Waals surface area contributed by atoms with Gasteiger partial charge in [0.25, 0.3) is 0 Å². The fraction of sp³-hybridized carbons (Fsp3) is 0.857. The van der Waals surface area contributed by atoms with Gasteiger partial charge in [-0.25, -0.2) is 0 Å². The molecule has 0 aromatic heterocycles. The number of hydrogen-bond acceptors (Lipinski definition) is 1. The van der Waals surface area contributed by atoms with E-state index in [-0.39, 0.29) is 18.9 Å². The molecule has 0 aliphatic carbocycles. The summed E-state index contributed by atoms with van der Waals surface area (Å²) in [5.41, 5.74) is 0. The SMILES string of the molecule is [CH2-]CCCO[Si](C)(C)C.[Li+]. The fourth-order valence-electron chi connectivity index (χ4n) is 0.480. The number of rotatable bonds is 4. The van der Waals surface area contributed by atoms with Crippen molar-refractivity contribution in [3.63, 3.8) is 0 Å². The maximum atomic E-state index is 5.57. The smallest absolute Gasteiger partial charge is 0.418 e. The first-order valence-electron chi connectivity index (χ1n) is 3.49. The van der Waals surface area contributed by atoms with Gasteiger partial charge in [-0.15, -0.1) is 0 Å². The first-order chi connectivity index (χ1) is 4.06. The Bertz CT molecular complexity index is 70.5. The van der Waals surface area contributed by atoms with Crippen molar-refractivity contribution in [2.24, 2.45) is 0 Å². The summed E-state index contributed by atoms with van der Waals surface area (Å²) in [6.07, 6.45) is 2.09. The Morgan fingerprint density at radius 2 is 1.80 bits per heavy atom. The van der Waals surface area contributed by atoms with E-state index in [0.29, 0.717) is 0 Å². The predicted octanol–water partition coefficient (Wildman–Crippen LogP) is -0.544. The average molecular weight is 152 g/mol. The van der Waals surface area contributed by atoms with Gasteiger partial charge in [0.05, 0.1) is 0 Å². The monoisotopic (exact) mass is 152 g/mol. The summed E-state index contributed by atoms with van der Waals surface area (Å²) >= 11 is 0. The molecule has 0 atom stereocenters. The van der Waals surface area contributed by atoms with Crippen molar-refractivity contribution in [1.82, 2.24) is 0 Å². The minimum absolute atomic E-state index is 0. The molecular weight excluding hydrogens is 135 g/mol. The Morgan fingerprint density at radius 3 is 2.10 bits per heavy atom. The topological polar surface area (TPSA) is 9.23 Å². The Labute approximate surface area is 77.8 Å². The second-order valence-corrected chi connectivity index (χ2v) is 7.68. The number of unbranched alkanes of at least 4 members (excludes halogenated alkanes) is 1. The van der Waals surface area contributed by atoms with Gasteiger partial charge in [-0.1, -0.05) is 6.42 Å². The van der Waals surface area contributed by atoms with Crippen LogP contribution < -0.4 is 18.9 Å². The molecule has 0 unspecified atom stereocenters. The first kappa shape index (κ1) is 13.4. The summed E-state index contributed by atoms with van der Waals surface area (Å²) in [5, 5.41) is 0.